The Kier molecular flexibility index (Phi) is 5.47. The van der Waals surface area contributed by atoms with Gasteiger partial charge in [-0.05, 0) is 50.9 Å². The average Bonchev–Trinajstić information content (AvgIpc) is 3.48. The summed E-state index contributed by atoms with van der Waals surface area (Å²) in [4.78, 5) is 1.42. The second-order valence-corrected chi connectivity index (χ2v) is 9.39. The van der Waals surface area contributed by atoms with E-state index in [4.69, 9.17) is 10.5 Å². The van der Waals surface area contributed by atoms with Crippen molar-refractivity contribution in [2.24, 2.45) is 5.73 Å². The van der Waals surface area contributed by atoms with Crippen LogP contribution in [0.5, 0.6) is 0 Å². The van der Waals surface area contributed by atoms with E-state index in [-0.39, 0.29) is 11.8 Å². The topological polar surface area (TPSA) is 63.5 Å². The van der Waals surface area contributed by atoms with E-state index in [2.05, 4.69) is 70.1 Å². The molecule has 0 bridgehead atoms. The Morgan fingerprint density at radius 3 is 2.61 bits per heavy atom. The van der Waals surface area contributed by atoms with Gasteiger partial charge in [-0.1, -0.05) is 30.3 Å². The van der Waals surface area contributed by atoms with Crippen LogP contribution in [0.1, 0.15) is 22.6 Å². The van der Waals surface area contributed by atoms with Gasteiger partial charge in [0.05, 0.1) is 5.92 Å². The number of nitrogens with zero attached hydrogens (tertiary/aromatic N) is 1. The first-order valence-corrected chi connectivity index (χ1v) is 12.0. The fourth-order valence-electron chi connectivity index (χ4n) is 4.42. The number of nitrogens with two attached hydrogens (primary N) is 1. The number of quaternary nitrogens is 1. The zero-order chi connectivity index (χ0) is 21.2. The highest BCUT2D eigenvalue weighted by Gasteiger charge is 2.39. The molecule has 2 atom stereocenters. The summed E-state index contributed by atoms with van der Waals surface area (Å²) in [6.45, 7) is 2.56. The number of hydrogen-bond acceptors (Lipinski definition) is 5. The minimum atomic E-state index is -0.156. The molecule has 0 saturated heterocycles. The van der Waals surface area contributed by atoms with Crippen LogP contribution in [0.2, 0.25) is 0 Å². The van der Waals surface area contributed by atoms with Gasteiger partial charge in [0, 0.05) is 16.7 Å². The molecule has 2 aromatic heterocycles. The molecular weight excluding hydrogens is 422 g/mol. The first kappa shape index (κ1) is 19.8. The maximum Gasteiger partial charge on any atom is 0.205 e. The Morgan fingerprint density at radius 2 is 1.90 bits per heavy atom. The van der Waals surface area contributed by atoms with Crippen LogP contribution in [-0.2, 0) is 11.3 Å². The number of rotatable bonds is 4. The highest BCUT2D eigenvalue weighted by atomic mass is 32.1. The molecule has 0 spiro atoms. The smallest absolute Gasteiger partial charge is 0.205 e. The van der Waals surface area contributed by atoms with Crippen molar-refractivity contribution in [2.45, 2.75) is 12.5 Å². The lowest BCUT2D eigenvalue weighted by Crippen LogP contribution is -3.12. The highest BCUT2D eigenvalue weighted by molar-refractivity contribution is 7.08. The van der Waals surface area contributed by atoms with Gasteiger partial charge in [0.25, 0.3) is 0 Å². The molecule has 3 aromatic rings. The average molecular weight is 445 g/mol. The minimum absolute atomic E-state index is 0.156. The van der Waals surface area contributed by atoms with Crippen LogP contribution in [0, 0.1) is 11.3 Å². The summed E-state index contributed by atoms with van der Waals surface area (Å²) >= 11 is 3.32. The highest BCUT2D eigenvalue weighted by Crippen LogP contribution is 2.42. The van der Waals surface area contributed by atoms with Crippen LogP contribution in [0.4, 0.5) is 0 Å². The third kappa shape index (κ3) is 3.96. The number of ether oxygens (including phenoxy) is 1. The molecule has 0 fully saturated rings. The Hall–Kier alpha value is -3.11. The van der Waals surface area contributed by atoms with Crippen LogP contribution in [0.3, 0.4) is 0 Å². The van der Waals surface area contributed by atoms with E-state index in [0.29, 0.717) is 5.57 Å². The monoisotopic (exact) mass is 444 g/mol. The van der Waals surface area contributed by atoms with Gasteiger partial charge in [0.15, 0.2) is 0 Å². The maximum absolute atomic E-state index is 9.89. The second-order valence-electron chi connectivity index (χ2n) is 7.83. The van der Waals surface area contributed by atoms with Crippen molar-refractivity contribution in [1.29, 1.82) is 5.26 Å². The van der Waals surface area contributed by atoms with Gasteiger partial charge in [-0.15, -0.1) is 0 Å². The van der Waals surface area contributed by atoms with E-state index in [1.807, 2.05) is 6.07 Å². The van der Waals surface area contributed by atoms with E-state index >= 15 is 0 Å². The van der Waals surface area contributed by atoms with E-state index in [0.717, 1.165) is 47.7 Å². The van der Waals surface area contributed by atoms with Gasteiger partial charge in [-0.25, -0.2) is 0 Å². The number of thiophene rings is 2. The molecule has 3 N–H and O–H groups in total. The van der Waals surface area contributed by atoms with Gasteiger partial charge >= 0.3 is 0 Å². The lowest BCUT2D eigenvalue weighted by molar-refractivity contribution is -0.906. The summed E-state index contributed by atoms with van der Waals surface area (Å²) in [5.41, 5.74) is 12.6. The molecule has 0 amide bonds. The summed E-state index contributed by atoms with van der Waals surface area (Å²) in [6, 6.07) is 17.1. The fourth-order valence-corrected chi connectivity index (χ4v) is 5.73. The quantitative estimate of drug-likeness (QED) is 0.638. The zero-order valence-corrected chi connectivity index (χ0v) is 18.5. The minimum Gasteiger partial charge on any atom is -0.440 e. The van der Waals surface area contributed by atoms with E-state index in [9.17, 15) is 5.26 Å². The predicted molar refractivity (Wildman–Crippen MR) is 125 cm³/mol. The van der Waals surface area contributed by atoms with Gasteiger partial charge in [-0.3, -0.25) is 0 Å². The lowest BCUT2D eigenvalue weighted by atomic mass is 9.81. The summed E-state index contributed by atoms with van der Waals surface area (Å²) in [5, 5.41) is 18.3. The van der Waals surface area contributed by atoms with E-state index < -0.39 is 0 Å². The maximum atomic E-state index is 9.89. The van der Waals surface area contributed by atoms with Crippen molar-refractivity contribution in [2.75, 3.05) is 13.1 Å². The fraction of sp³-hybridized carbons (Fsp3) is 0.160. The zero-order valence-electron chi connectivity index (χ0n) is 16.9. The molecular formula is C25H22N3OS2+. The number of allylic oxidation sites excluding steroid dienone is 1. The molecule has 5 rings (SSSR count). The summed E-state index contributed by atoms with van der Waals surface area (Å²) in [5.74, 6) is 0.910. The van der Waals surface area contributed by atoms with Gasteiger partial charge in [-0.2, -0.15) is 27.9 Å². The molecule has 0 aliphatic carbocycles. The van der Waals surface area contributed by atoms with Crippen molar-refractivity contribution in [3.63, 3.8) is 0 Å². The van der Waals surface area contributed by atoms with Crippen molar-refractivity contribution in [3.8, 4) is 6.07 Å². The van der Waals surface area contributed by atoms with Crippen molar-refractivity contribution in [1.82, 2.24) is 0 Å². The number of benzene rings is 1. The Balaban J connectivity index is 1.60. The van der Waals surface area contributed by atoms with Crippen LogP contribution in [0.15, 0.2) is 92.3 Å². The number of hydrogen-bond donors (Lipinski definition) is 2. The van der Waals surface area contributed by atoms with E-state index in [1.54, 1.807) is 22.7 Å². The normalized spacial score (nSPS) is 22.2. The third-order valence-corrected chi connectivity index (χ3v) is 7.16. The molecule has 4 nitrogen and oxygen atoms in total. The second kappa shape index (κ2) is 8.56. The molecule has 1 unspecified atom stereocenters. The molecule has 154 valence electrons. The number of nitriles is 1. The Morgan fingerprint density at radius 1 is 1.10 bits per heavy atom. The van der Waals surface area contributed by atoms with Crippen molar-refractivity contribution < 1.29 is 9.64 Å². The Labute approximate surface area is 189 Å². The SMILES string of the molecule is N#CC1=C(N)OC2=C(C[NH+](Cc3ccccc3)C/C2=C\c2ccsc2)[C@H]1c1ccsc1. The van der Waals surface area contributed by atoms with Crippen LogP contribution < -0.4 is 10.6 Å². The first-order valence-electron chi connectivity index (χ1n) is 10.2. The summed E-state index contributed by atoms with van der Waals surface area (Å²) < 4.78 is 6.12. The largest absolute Gasteiger partial charge is 0.440 e. The summed E-state index contributed by atoms with van der Waals surface area (Å²) in [7, 11) is 0. The molecule has 4 heterocycles. The van der Waals surface area contributed by atoms with E-state index in [1.165, 1.54) is 10.5 Å². The summed E-state index contributed by atoms with van der Waals surface area (Å²) in [6.07, 6.45) is 2.20. The Bertz CT molecular complexity index is 1200. The van der Waals surface area contributed by atoms with Crippen molar-refractivity contribution in [3.05, 3.63) is 109 Å². The van der Waals surface area contributed by atoms with Gasteiger partial charge < -0.3 is 15.4 Å². The lowest BCUT2D eigenvalue weighted by Gasteiger charge is -2.36. The van der Waals surface area contributed by atoms with Gasteiger partial charge in [0.1, 0.15) is 37.0 Å². The molecule has 0 radical (unpaired) electrons. The molecule has 0 saturated carbocycles. The first-order chi connectivity index (χ1) is 15.2. The predicted octanol–water partition coefficient (Wildman–Crippen LogP) is 4.05. The standard InChI is InChI=1S/C25H21N3OS2/c26-11-21-23(19-7-9-31-16-19)22-14-28(12-17-4-2-1-3-5-17)13-20(24(22)29-25(21)27)10-18-6-8-30-15-18/h1-10,15-16,23H,12-14,27H2/p+1/b20-10+/t23-/m0/s1. The third-order valence-electron chi connectivity index (χ3n) is 5.76. The molecule has 2 aliphatic rings. The van der Waals surface area contributed by atoms with Gasteiger partial charge in [0.2, 0.25) is 5.88 Å². The van der Waals surface area contributed by atoms with Crippen LogP contribution >= 0.6 is 22.7 Å². The molecule has 1 aromatic carbocycles. The number of nitrogens with one attached hydrogen (secondary N) is 1. The van der Waals surface area contributed by atoms with Crippen LogP contribution in [-0.4, -0.2) is 13.1 Å². The molecule has 6 heteroatoms. The van der Waals surface area contributed by atoms with Crippen LogP contribution in [0.25, 0.3) is 6.08 Å². The van der Waals surface area contributed by atoms with Crippen molar-refractivity contribution >= 4 is 28.7 Å². The molecule has 2 aliphatic heterocycles. The molecule has 31 heavy (non-hydrogen) atoms.